The number of fused-ring (bicyclic) bond motifs is 8. The molecule has 6 aromatic carbocycles. The highest BCUT2D eigenvalue weighted by molar-refractivity contribution is 8.00. The fourth-order valence-electron chi connectivity index (χ4n) is 8.48. The Balaban J connectivity index is 1.23. The molecule has 9 aromatic rings. The highest BCUT2D eigenvalue weighted by Crippen LogP contribution is 2.50. The zero-order valence-corrected chi connectivity index (χ0v) is 27.1. The summed E-state index contributed by atoms with van der Waals surface area (Å²) in [5, 5.41) is 8.35. The molecular formula is C42H24BN3O2S. The van der Waals surface area contributed by atoms with E-state index in [1.807, 2.05) is 30.0 Å². The van der Waals surface area contributed by atoms with E-state index in [9.17, 15) is 0 Å². The molecule has 0 spiro atoms. The molecule has 0 fully saturated rings. The summed E-state index contributed by atoms with van der Waals surface area (Å²) in [6, 6.07) is 43.0. The summed E-state index contributed by atoms with van der Waals surface area (Å²) < 4.78 is 13.2. The number of hydrogen-bond donors (Lipinski definition) is 1. The molecule has 49 heavy (non-hydrogen) atoms. The smallest absolute Gasteiger partial charge is 0.257 e. The lowest BCUT2D eigenvalue weighted by atomic mass is 9.33. The van der Waals surface area contributed by atoms with Crippen molar-refractivity contribution in [3.05, 3.63) is 127 Å². The van der Waals surface area contributed by atoms with Crippen LogP contribution >= 0.6 is 11.8 Å². The van der Waals surface area contributed by atoms with Crippen molar-refractivity contribution < 1.29 is 8.83 Å². The summed E-state index contributed by atoms with van der Waals surface area (Å²) >= 11 is 1.84. The van der Waals surface area contributed by atoms with Gasteiger partial charge in [0.1, 0.15) is 17.0 Å². The van der Waals surface area contributed by atoms with E-state index in [0.29, 0.717) is 5.71 Å². The van der Waals surface area contributed by atoms with Gasteiger partial charge in [0.05, 0.1) is 11.1 Å². The van der Waals surface area contributed by atoms with Crippen molar-refractivity contribution in [2.24, 2.45) is 0 Å². The molecule has 228 valence electrons. The van der Waals surface area contributed by atoms with E-state index in [2.05, 4.69) is 120 Å². The first kappa shape index (κ1) is 26.1. The Morgan fingerprint density at radius 1 is 0.694 bits per heavy atom. The quantitative estimate of drug-likeness (QED) is 0.189. The van der Waals surface area contributed by atoms with Gasteiger partial charge < -0.3 is 14.2 Å². The zero-order chi connectivity index (χ0) is 32.0. The second-order valence-corrected chi connectivity index (χ2v) is 14.3. The second-order valence-electron chi connectivity index (χ2n) is 13.3. The van der Waals surface area contributed by atoms with Gasteiger partial charge in [0, 0.05) is 43.0 Å². The molecule has 5 nitrogen and oxygen atoms in total. The van der Waals surface area contributed by atoms with Crippen molar-refractivity contribution in [2.75, 3.05) is 10.2 Å². The summed E-state index contributed by atoms with van der Waals surface area (Å²) in [5.74, 6) is 0.913. The van der Waals surface area contributed by atoms with E-state index in [-0.39, 0.29) is 6.71 Å². The number of aryl methyl sites for hydroxylation is 1. The first-order valence-corrected chi connectivity index (χ1v) is 17.4. The Morgan fingerprint density at radius 2 is 1.47 bits per heavy atom. The van der Waals surface area contributed by atoms with Crippen LogP contribution in [0.15, 0.2) is 140 Å². The molecule has 0 saturated carbocycles. The van der Waals surface area contributed by atoms with Gasteiger partial charge in [-0.15, -0.1) is 0 Å². The topological polar surface area (TPSA) is 54.4 Å². The fraction of sp³-hybridized carbons (Fsp3) is 0.0238. The Bertz CT molecular complexity index is 2930. The zero-order valence-electron chi connectivity index (χ0n) is 26.2. The van der Waals surface area contributed by atoms with Crippen LogP contribution in [0.2, 0.25) is 0 Å². The Kier molecular flexibility index (Phi) is 4.87. The molecule has 0 atom stereocenters. The number of benzene rings is 6. The van der Waals surface area contributed by atoms with Crippen LogP contribution in [0, 0.1) is 6.92 Å². The van der Waals surface area contributed by atoms with Gasteiger partial charge >= 0.3 is 0 Å². The van der Waals surface area contributed by atoms with Crippen molar-refractivity contribution in [3.63, 3.8) is 0 Å². The van der Waals surface area contributed by atoms with Crippen LogP contribution < -0.4 is 26.6 Å². The molecular weight excluding hydrogens is 621 g/mol. The molecule has 0 amide bonds. The van der Waals surface area contributed by atoms with Gasteiger partial charge in [0.25, 0.3) is 6.71 Å². The Hall–Kier alpha value is -5.92. The van der Waals surface area contributed by atoms with E-state index in [1.165, 1.54) is 37.3 Å². The van der Waals surface area contributed by atoms with E-state index in [0.717, 1.165) is 72.4 Å². The Morgan fingerprint density at radius 3 is 2.35 bits per heavy atom. The van der Waals surface area contributed by atoms with Gasteiger partial charge in [0.2, 0.25) is 5.71 Å². The van der Waals surface area contributed by atoms with E-state index < -0.39 is 0 Å². The first-order chi connectivity index (χ1) is 24.2. The predicted molar refractivity (Wildman–Crippen MR) is 202 cm³/mol. The third-order valence-corrected chi connectivity index (χ3v) is 11.7. The number of furan rings is 2. The molecule has 3 aromatic heterocycles. The van der Waals surface area contributed by atoms with Gasteiger partial charge in [-0.3, -0.25) is 4.90 Å². The molecule has 0 radical (unpaired) electrons. The number of aromatic nitrogens is 1. The minimum atomic E-state index is -0.0279. The van der Waals surface area contributed by atoms with Gasteiger partial charge in [0.15, 0.2) is 5.58 Å². The predicted octanol–water partition coefficient (Wildman–Crippen LogP) is 9.68. The van der Waals surface area contributed by atoms with Crippen LogP contribution in [0.1, 0.15) is 5.56 Å². The third kappa shape index (κ3) is 3.35. The number of anilines is 5. The number of hydrogen-bond acceptors (Lipinski definition) is 6. The number of rotatable bonds is 2. The van der Waals surface area contributed by atoms with Crippen molar-refractivity contribution in [1.82, 2.24) is 4.98 Å². The van der Waals surface area contributed by atoms with E-state index >= 15 is 0 Å². The van der Waals surface area contributed by atoms with Crippen LogP contribution in [0.3, 0.4) is 0 Å². The summed E-state index contributed by atoms with van der Waals surface area (Å²) in [4.78, 5) is 10.3. The van der Waals surface area contributed by atoms with Gasteiger partial charge in [-0.1, -0.05) is 90.6 Å². The Labute approximate surface area is 285 Å². The molecule has 3 aliphatic heterocycles. The molecule has 3 aliphatic rings. The largest absolute Gasteiger partial charge is 0.454 e. The maximum atomic E-state index is 6.65. The third-order valence-electron chi connectivity index (χ3n) is 10.5. The van der Waals surface area contributed by atoms with Crippen LogP contribution in [0.5, 0.6) is 0 Å². The van der Waals surface area contributed by atoms with Crippen molar-refractivity contribution in [1.29, 1.82) is 0 Å². The molecule has 6 heterocycles. The first-order valence-electron chi connectivity index (χ1n) is 16.6. The normalized spacial score (nSPS) is 13.8. The minimum Gasteiger partial charge on any atom is -0.454 e. The monoisotopic (exact) mass is 645 g/mol. The molecule has 1 N–H and O–H groups in total. The van der Waals surface area contributed by atoms with Crippen molar-refractivity contribution >= 4 is 107 Å². The maximum absolute atomic E-state index is 6.65. The number of nitrogens with one attached hydrogen (secondary N) is 1. The lowest BCUT2D eigenvalue weighted by Crippen LogP contribution is -2.63. The molecule has 7 heteroatoms. The highest BCUT2D eigenvalue weighted by atomic mass is 32.2. The standard InChI is InChI=1S/C42H24BN3O2S/c1-22-18-29-35-30(19-22)46(25-13-9-12-24(20-25)23-10-3-2-4-11-23)41-37-40(34-27-15-6-8-17-32(27)48-42(34)45-41)49-33-21-28-26-14-5-7-16-31(26)47-39(28)38(44-29)36(33)43(35)37/h2-21,44H,1H3. The summed E-state index contributed by atoms with van der Waals surface area (Å²) in [7, 11) is 0. The fourth-order valence-corrected chi connectivity index (χ4v) is 9.83. The van der Waals surface area contributed by atoms with Crippen molar-refractivity contribution in [3.8, 4) is 11.1 Å². The van der Waals surface area contributed by atoms with Gasteiger partial charge in [-0.2, -0.15) is 4.98 Å². The van der Waals surface area contributed by atoms with E-state index in [4.69, 9.17) is 13.8 Å². The number of pyridine rings is 1. The highest BCUT2D eigenvalue weighted by Gasteiger charge is 2.48. The van der Waals surface area contributed by atoms with Crippen LogP contribution in [-0.4, -0.2) is 11.7 Å². The molecule has 12 rings (SSSR count). The number of para-hydroxylation sites is 2. The molecule has 0 bridgehead atoms. The van der Waals surface area contributed by atoms with Crippen molar-refractivity contribution in [2.45, 2.75) is 16.7 Å². The van der Waals surface area contributed by atoms with Crippen LogP contribution in [0.4, 0.5) is 28.6 Å². The van der Waals surface area contributed by atoms with Gasteiger partial charge in [-0.25, -0.2) is 0 Å². The lowest BCUT2D eigenvalue weighted by Gasteiger charge is -2.43. The SMILES string of the molecule is Cc1cc2c3c(c1)N(c1cccc(-c4ccccc4)c1)c1nc4oc5ccccc5c4c4c1B3c1c(cc3c(oc5ccccc53)c1N2)S4. The number of nitrogens with zero attached hydrogens (tertiary/aromatic N) is 2. The molecule has 0 saturated heterocycles. The molecule has 0 aliphatic carbocycles. The van der Waals surface area contributed by atoms with Crippen LogP contribution in [-0.2, 0) is 0 Å². The summed E-state index contributed by atoms with van der Waals surface area (Å²) in [6.45, 7) is 2.15. The average Bonchev–Trinajstić information content (AvgIpc) is 3.70. The average molecular weight is 646 g/mol. The minimum absolute atomic E-state index is 0.0279. The van der Waals surface area contributed by atoms with Gasteiger partial charge in [-0.05, 0) is 82.5 Å². The van der Waals surface area contributed by atoms with E-state index in [1.54, 1.807) is 0 Å². The summed E-state index contributed by atoms with van der Waals surface area (Å²) in [6.07, 6.45) is 0. The maximum Gasteiger partial charge on any atom is 0.257 e. The van der Waals surface area contributed by atoms with Crippen LogP contribution in [0.25, 0.3) is 55.1 Å². The molecule has 0 unspecified atom stereocenters. The summed E-state index contributed by atoms with van der Waals surface area (Å²) in [5.41, 5.74) is 14.9. The lowest BCUT2D eigenvalue weighted by molar-refractivity contribution is 0.654. The second kappa shape index (κ2) is 9.16.